The minimum Gasteiger partial charge on any atom is -0.492 e. The number of benzene rings is 2. The maximum atomic E-state index is 5.90. The van der Waals surface area contributed by atoms with E-state index in [9.17, 15) is 0 Å². The van der Waals surface area contributed by atoms with Crippen LogP contribution in [-0.2, 0) is 6.54 Å². The third-order valence-electron chi connectivity index (χ3n) is 3.50. The smallest absolute Gasteiger partial charge is 0.142 e. The van der Waals surface area contributed by atoms with Crippen molar-refractivity contribution in [3.8, 4) is 5.75 Å². The van der Waals surface area contributed by atoms with Gasteiger partial charge in [-0.3, -0.25) is 0 Å². The highest BCUT2D eigenvalue weighted by Gasteiger charge is 2.05. The average molecular weight is 355 g/mol. The molecule has 5 nitrogen and oxygen atoms in total. The molecule has 0 spiro atoms. The van der Waals surface area contributed by atoms with Crippen molar-refractivity contribution in [3.63, 3.8) is 0 Å². The van der Waals surface area contributed by atoms with Gasteiger partial charge < -0.3 is 15.4 Å². The summed E-state index contributed by atoms with van der Waals surface area (Å²) in [6, 6.07) is 17.3. The summed E-state index contributed by atoms with van der Waals surface area (Å²) in [4.78, 5) is 8.52. The van der Waals surface area contributed by atoms with E-state index < -0.39 is 0 Å². The molecule has 0 unspecified atom stereocenters. The van der Waals surface area contributed by atoms with Gasteiger partial charge >= 0.3 is 0 Å². The first-order valence-electron chi connectivity index (χ1n) is 8.04. The molecule has 2 N–H and O–H groups in total. The van der Waals surface area contributed by atoms with Gasteiger partial charge in [-0.05, 0) is 36.8 Å². The maximum absolute atomic E-state index is 5.90. The van der Waals surface area contributed by atoms with Crippen LogP contribution in [0.3, 0.4) is 0 Å². The second kappa shape index (κ2) is 8.35. The van der Waals surface area contributed by atoms with E-state index in [1.54, 1.807) is 0 Å². The van der Waals surface area contributed by atoms with Crippen LogP contribution in [0.4, 0.5) is 17.3 Å². The van der Waals surface area contributed by atoms with Crippen LogP contribution in [0.2, 0.25) is 5.02 Å². The van der Waals surface area contributed by atoms with E-state index in [2.05, 4.69) is 20.6 Å². The van der Waals surface area contributed by atoms with Gasteiger partial charge in [-0.15, -0.1) is 0 Å². The SMILES string of the molecule is CCOc1ccccc1Nc1cc(NCc2ccc(Cl)cc2)ncn1. The summed E-state index contributed by atoms with van der Waals surface area (Å²) in [5.41, 5.74) is 1.99. The number of halogens is 1. The lowest BCUT2D eigenvalue weighted by Crippen LogP contribution is -2.03. The third-order valence-corrected chi connectivity index (χ3v) is 3.76. The van der Waals surface area contributed by atoms with E-state index in [-0.39, 0.29) is 0 Å². The molecule has 6 heteroatoms. The molecule has 0 aliphatic carbocycles. The molecule has 1 heterocycles. The van der Waals surface area contributed by atoms with Gasteiger partial charge in [0.05, 0.1) is 12.3 Å². The lowest BCUT2D eigenvalue weighted by molar-refractivity contribution is 0.342. The van der Waals surface area contributed by atoms with E-state index in [0.717, 1.165) is 27.8 Å². The summed E-state index contributed by atoms with van der Waals surface area (Å²) in [7, 11) is 0. The molecule has 0 amide bonds. The summed E-state index contributed by atoms with van der Waals surface area (Å²) < 4.78 is 5.62. The Kier molecular flexibility index (Phi) is 5.69. The Morgan fingerprint density at radius 1 is 1.00 bits per heavy atom. The first-order valence-corrected chi connectivity index (χ1v) is 8.41. The van der Waals surface area contributed by atoms with Gasteiger partial charge in [0.25, 0.3) is 0 Å². The zero-order valence-corrected chi connectivity index (χ0v) is 14.6. The lowest BCUT2D eigenvalue weighted by atomic mass is 10.2. The summed E-state index contributed by atoms with van der Waals surface area (Å²) in [6.45, 7) is 3.22. The zero-order chi connectivity index (χ0) is 17.5. The van der Waals surface area contributed by atoms with E-state index >= 15 is 0 Å². The van der Waals surface area contributed by atoms with Crippen molar-refractivity contribution >= 4 is 28.9 Å². The van der Waals surface area contributed by atoms with Gasteiger partial charge in [0, 0.05) is 17.6 Å². The van der Waals surface area contributed by atoms with E-state index in [1.807, 2.05) is 61.5 Å². The number of hydrogen-bond donors (Lipinski definition) is 2. The number of nitrogens with zero attached hydrogens (tertiary/aromatic N) is 2. The van der Waals surface area contributed by atoms with Gasteiger partial charge in [0.1, 0.15) is 23.7 Å². The second-order valence-electron chi connectivity index (χ2n) is 5.32. The largest absolute Gasteiger partial charge is 0.492 e. The van der Waals surface area contributed by atoms with Crippen molar-refractivity contribution in [2.45, 2.75) is 13.5 Å². The van der Waals surface area contributed by atoms with Crippen LogP contribution in [0.15, 0.2) is 60.9 Å². The average Bonchev–Trinajstić information content (AvgIpc) is 2.63. The fourth-order valence-electron chi connectivity index (χ4n) is 2.31. The van der Waals surface area contributed by atoms with Gasteiger partial charge in [-0.1, -0.05) is 35.9 Å². The van der Waals surface area contributed by atoms with Crippen LogP contribution in [0.1, 0.15) is 12.5 Å². The first-order chi connectivity index (χ1) is 12.2. The maximum Gasteiger partial charge on any atom is 0.142 e. The lowest BCUT2D eigenvalue weighted by Gasteiger charge is -2.12. The van der Waals surface area contributed by atoms with Crippen LogP contribution in [-0.4, -0.2) is 16.6 Å². The molecule has 0 radical (unpaired) electrons. The fourth-order valence-corrected chi connectivity index (χ4v) is 2.43. The number of aromatic nitrogens is 2. The Labute approximate surface area is 152 Å². The molecule has 0 bridgehead atoms. The third kappa shape index (κ3) is 4.84. The molecule has 0 atom stereocenters. The van der Waals surface area contributed by atoms with Gasteiger partial charge in [0.2, 0.25) is 0 Å². The summed E-state index contributed by atoms with van der Waals surface area (Å²) in [5.74, 6) is 2.22. The first kappa shape index (κ1) is 17.0. The summed E-state index contributed by atoms with van der Waals surface area (Å²) >= 11 is 5.90. The van der Waals surface area contributed by atoms with Crippen molar-refractivity contribution in [2.75, 3.05) is 17.2 Å². The van der Waals surface area contributed by atoms with Crippen molar-refractivity contribution in [1.82, 2.24) is 9.97 Å². The molecule has 128 valence electrons. The number of para-hydroxylation sites is 2. The Morgan fingerprint density at radius 2 is 1.76 bits per heavy atom. The monoisotopic (exact) mass is 354 g/mol. The number of nitrogens with one attached hydrogen (secondary N) is 2. The molecule has 1 aromatic heterocycles. The van der Waals surface area contributed by atoms with Crippen molar-refractivity contribution in [3.05, 3.63) is 71.5 Å². The molecule has 0 aliphatic rings. The topological polar surface area (TPSA) is 59.1 Å². The Morgan fingerprint density at radius 3 is 2.56 bits per heavy atom. The predicted molar refractivity (Wildman–Crippen MR) is 102 cm³/mol. The van der Waals surface area contributed by atoms with E-state index in [0.29, 0.717) is 19.0 Å². The second-order valence-corrected chi connectivity index (χ2v) is 5.76. The van der Waals surface area contributed by atoms with Crippen molar-refractivity contribution in [1.29, 1.82) is 0 Å². The van der Waals surface area contributed by atoms with Crippen LogP contribution in [0, 0.1) is 0 Å². The number of anilines is 3. The molecule has 0 saturated heterocycles. The number of rotatable bonds is 7. The fraction of sp³-hybridized carbons (Fsp3) is 0.158. The standard InChI is InChI=1S/C19H19ClN4O/c1-2-25-17-6-4-3-5-16(17)24-19-11-18(22-13-23-19)21-12-14-7-9-15(20)10-8-14/h3-11,13H,2,12H2,1H3,(H2,21,22,23,24). The highest BCUT2D eigenvalue weighted by molar-refractivity contribution is 6.30. The molecule has 25 heavy (non-hydrogen) atoms. The van der Waals surface area contributed by atoms with Crippen molar-refractivity contribution in [2.24, 2.45) is 0 Å². The minimum absolute atomic E-state index is 0.608. The van der Waals surface area contributed by atoms with Crippen LogP contribution >= 0.6 is 11.6 Å². The van der Waals surface area contributed by atoms with Crippen molar-refractivity contribution < 1.29 is 4.74 Å². The Hall–Kier alpha value is -2.79. The van der Waals surface area contributed by atoms with E-state index in [4.69, 9.17) is 16.3 Å². The molecule has 0 saturated carbocycles. The molecule has 2 aromatic carbocycles. The zero-order valence-electron chi connectivity index (χ0n) is 13.9. The van der Waals surface area contributed by atoms with Gasteiger partial charge in [-0.2, -0.15) is 0 Å². The Balaban J connectivity index is 1.68. The van der Waals surface area contributed by atoms with Crippen LogP contribution < -0.4 is 15.4 Å². The normalized spacial score (nSPS) is 10.3. The molecule has 0 fully saturated rings. The quantitative estimate of drug-likeness (QED) is 0.633. The number of hydrogen-bond acceptors (Lipinski definition) is 5. The minimum atomic E-state index is 0.608. The molecule has 3 aromatic rings. The number of ether oxygens (including phenoxy) is 1. The summed E-state index contributed by atoms with van der Waals surface area (Å²) in [6.07, 6.45) is 1.52. The summed E-state index contributed by atoms with van der Waals surface area (Å²) in [5, 5.41) is 7.28. The van der Waals surface area contributed by atoms with Gasteiger partial charge in [-0.25, -0.2) is 9.97 Å². The van der Waals surface area contributed by atoms with E-state index in [1.165, 1.54) is 6.33 Å². The highest BCUT2D eigenvalue weighted by Crippen LogP contribution is 2.27. The highest BCUT2D eigenvalue weighted by atomic mass is 35.5. The molecular weight excluding hydrogens is 336 g/mol. The van der Waals surface area contributed by atoms with Gasteiger partial charge in [0.15, 0.2) is 0 Å². The Bertz CT molecular complexity index is 824. The predicted octanol–water partition coefficient (Wildman–Crippen LogP) is 4.88. The molecule has 3 rings (SSSR count). The molecule has 0 aliphatic heterocycles. The van der Waals surface area contributed by atoms with Crippen LogP contribution in [0.5, 0.6) is 5.75 Å². The molecular formula is C19H19ClN4O. The van der Waals surface area contributed by atoms with Crippen LogP contribution in [0.25, 0.3) is 0 Å².